The van der Waals surface area contributed by atoms with Gasteiger partial charge >= 0.3 is 0 Å². The highest BCUT2D eigenvalue weighted by atomic mass is 35.5. The molecule has 1 aliphatic heterocycles. The van der Waals surface area contributed by atoms with Gasteiger partial charge in [0.1, 0.15) is 5.75 Å². The van der Waals surface area contributed by atoms with Crippen LogP contribution in [0.15, 0.2) is 35.2 Å². The molecule has 5 nitrogen and oxygen atoms in total. The molecule has 1 aliphatic rings. The maximum absolute atomic E-state index is 12.2. The van der Waals surface area contributed by atoms with Gasteiger partial charge in [-0.2, -0.15) is 0 Å². The quantitative estimate of drug-likeness (QED) is 0.761. The number of hydrogen-bond donors (Lipinski definition) is 1. The third kappa shape index (κ3) is 4.68. The number of aromatic amines is 1. The summed E-state index contributed by atoms with van der Waals surface area (Å²) < 4.78 is 30.0. The van der Waals surface area contributed by atoms with Gasteiger partial charge in [0.25, 0.3) is 0 Å². The van der Waals surface area contributed by atoms with E-state index in [1.807, 2.05) is 6.07 Å². The van der Waals surface area contributed by atoms with Crippen LogP contribution < -0.4 is 4.74 Å². The monoisotopic (exact) mass is 412 g/mol. The molecule has 0 saturated carbocycles. The Morgan fingerprint density at radius 3 is 2.48 bits per heavy atom. The van der Waals surface area contributed by atoms with E-state index in [1.54, 1.807) is 32.2 Å². The van der Waals surface area contributed by atoms with Crippen molar-refractivity contribution in [3.05, 3.63) is 36.0 Å². The molecule has 1 atom stereocenters. The van der Waals surface area contributed by atoms with E-state index in [9.17, 15) is 8.42 Å². The van der Waals surface area contributed by atoms with Crippen molar-refractivity contribution in [2.75, 3.05) is 26.0 Å². The molecule has 1 aromatic heterocycles. The Morgan fingerprint density at radius 1 is 1.15 bits per heavy atom. The molecule has 0 bridgehead atoms. The van der Waals surface area contributed by atoms with E-state index in [0.717, 1.165) is 30.0 Å². The Morgan fingerprint density at radius 2 is 1.85 bits per heavy atom. The lowest BCUT2D eigenvalue weighted by molar-refractivity contribution is 0.172. The topological polar surface area (TPSA) is 62.4 Å². The average molecular weight is 413 g/mol. The minimum Gasteiger partial charge on any atom is -0.496 e. The second-order valence-corrected chi connectivity index (χ2v) is 9.14. The van der Waals surface area contributed by atoms with Gasteiger partial charge in [-0.05, 0) is 63.2 Å². The van der Waals surface area contributed by atoms with Crippen LogP contribution in [0.2, 0.25) is 0 Å². The summed E-state index contributed by atoms with van der Waals surface area (Å²) in [5.41, 5.74) is 2.81. The highest BCUT2D eigenvalue weighted by Gasteiger charge is 2.21. The second kappa shape index (κ2) is 9.13. The number of hydrogen-bond acceptors (Lipinski definition) is 4. The van der Waals surface area contributed by atoms with Gasteiger partial charge in [-0.3, -0.25) is 4.90 Å². The van der Waals surface area contributed by atoms with Crippen LogP contribution in [0, 0.1) is 0 Å². The third-order valence-electron chi connectivity index (χ3n) is 5.30. The lowest BCUT2D eigenvalue weighted by atomic mass is 10.1. The molecule has 0 radical (unpaired) electrons. The molecule has 0 spiro atoms. The van der Waals surface area contributed by atoms with Gasteiger partial charge in [0.2, 0.25) is 0 Å². The lowest BCUT2D eigenvalue weighted by Crippen LogP contribution is -2.32. The summed E-state index contributed by atoms with van der Waals surface area (Å²) in [6.45, 7) is 6.13. The van der Waals surface area contributed by atoms with Crippen LogP contribution in [0.3, 0.4) is 0 Å². The number of benzene rings is 1. The van der Waals surface area contributed by atoms with E-state index in [2.05, 4.69) is 22.9 Å². The SMILES string of the molecule is CCS(=O)(=O)c1ccc(OC)c(-c2ccc(C(C)N3CCCCC3)[nH]2)c1.Cl. The minimum absolute atomic E-state index is 0. The van der Waals surface area contributed by atoms with E-state index in [0.29, 0.717) is 16.7 Å². The van der Waals surface area contributed by atoms with E-state index in [1.165, 1.54) is 19.3 Å². The van der Waals surface area contributed by atoms with Gasteiger partial charge in [0.15, 0.2) is 9.84 Å². The molecule has 1 N–H and O–H groups in total. The van der Waals surface area contributed by atoms with Crippen LogP contribution in [-0.4, -0.2) is 44.3 Å². The zero-order valence-corrected chi connectivity index (χ0v) is 17.8. The van der Waals surface area contributed by atoms with Crippen molar-refractivity contribution in [3.63, 3.8) is 0 Å². The number of likely N-dealkylation sites (tertiary alicyclic amines) is 1. The molecule has 1 fully saturated rings. The molecular formula is C20H29ClN2O3S. The molecule has 1 aromatic carbocycles. The fourth-order valence-electron chi connectivity index (χ4n) is 3.57. The largest absolute Gasteiger partial charge is 0.496 e. The van der Waals surface area contributed by atoms with E-state index in [4.69, 9.17) is 4.74 Å². The van der Waals surface area contributed by atoms with Crippen LogP contribution in [-0.2, 0) is 9.84 Å². The molecule has 7 heteroatoms. The van der Waals surface area contributed by atoms with E-state index < -0.39 is 9.84 Å². The maximum atomic E-state index is 12.2. The van der Waals surface area contributed by atoms with E-state index >= 15 is 0 Å². The van der Waals surface area contributed by atoms with Crippen molar-refractivity contribution in [2.45, 2.75) is 44.0 Å². The number of sulfone groups is 1. The molecule has 1 saturated heterocycles. The number of rotatable bonds is 6. The van der Waals surface area contributed by atoms with E-state index in [-0.39, 0.29) is 18.2 Å². The molecule has 0 aliphatic carbocycles. The van der Waals surface area contributed by atoms with Crippen LogP contribution >= 0.6 is 12.4 Å². The molecule has 150 valence electrons. The number of ether oxygens (including phenoxy) is 1. The fourth-order valence-corrected chi connectivity index (χ4v) is 4.48. The number of halogens is 1. The van der Waals surface area contributed by atoms with Gasteiger partial charge in [-0.1, -0.05) is 13.3 Å². The second-order valence-electron chi connectivity index (χ2n) is 6.87. The van der Waals surface area contributed by atoms with Gasteiger partial charge in [-0.15, -0.1) is 12.4 Å². The fraction of sp³-hybridized carbons (Fsp3) is 0.500. The van der Waals surface area contributed by atoms with Crippen LogP contribution in [0.4, 0.5) is 0 Å². The summed E-state index contributed by atoms with van der Waals surface area (Å²) in [6.07, 6.45) is 3.82. The number of nitrogens with one attached hydrogen (secondary N) is 1. The average Bonchev–Trinajstić information content (AvgIpc) is 3.17. The van der Waals surface area contributed by atoms with Crippen molar-refractivity contribution in [2.24, 2.45) is 0 Å². The first-order valence-corrected chi connectivity index (χ1v) is 11.0. The molecule has 0 amide bonds. The first-order chi connectivity index (χ1) is 12.5. The molecule has 3 rings (SSSR count). The van der Waals surface area contributed by atoms with Crippen molar-refractivity contribution in [1.29, 1.82) is 0 Å². The van der Waals surface area contributed by atoms with Crippen molar-refractivity contribution >= 4 is 22.2 Å². The van der Waals surface area contributed by atoms with Crippen LogP contribution in [0.25, 0.3) is 11.3 Å². The summed E-state index contributed by atoms with van der Waals surface area (Å²) >= 11 is 0. The Balaban J connectivity index is 0.00000261. The highest BCUT2D eigenvalue weighted by Crippen LogP contribution is 2.33. The number of piperidine rings is 1. The normalized spacial score (nSPS) is 16.6. The zero-order chi connectivity index (χ0) is 18.7. The summed E-state index contributed by atoms with van der Waals surface area (Å²) in [6, 6.07) is 9.47. The summed E-state index contributed by atoms with van der Waals surface area (Å²) in [7, 11) is -1.65. The standard InChI is InChI=1S/C20H28N2O3S.ClH/c1-4-26(23,24)16-8-11-20(25-3)17(14-16)19-10-9-18(21-19)15(2)22-12-6-5-7-13-22;/h8-11,14-15,21H,4-7,12-13H2,1-3H3;1H. The molecule has 2 heterocycles. The first-order valence-electron chi connectivity index (χ1n) is 9.30. The number of nitrogens with zero attached hydrogens (tertiary/aromatic N) is 1. The van der Waals surface area contributed by atoms with Crippen molar-refractivity contribution in [3.8, 4) is 17.0 Å². The maximum Gasteiger partial charge on any atom is 0.178 e. The summed E-state index contributed by atoms with van der Waals surface area (Å²) in [5.74, 6) is 0.750. The van der Waals surface area contributed by atoms with Crippen molar-refractivity contribution < 1.29 is 13.2 Å². The summed E-state index contributed by atoms with van der Waals surface area (Å²) in [5, 5.41) is 0. The minimum atomic E-state index is -3.26. The highest BCUT2D eigenvalue weighted by molar-refractivity contribution is 7.91. The predicted octanol–water partition coefficient (Wildman–Crippen LogP) is 4.45. The number of aromatic nitrogens is 1. The smallest absolute Gasteiger partial charge is 0.178 e. The van der Waals surface area contributed by atoms with Crippen molar-refractivity contribution in [1.82, 2.24) is 9.88 Å². The Hall–Kier alpha value is -1.50. The molecule has 27 heavy (non-hydrogen) atoms. The number of methoxy groups -OCH3 is 1. The lowest BCUT2D eigenvalue weighted by Gasteiger charge is -2.31. The van der Waals surface area contributed by atoms with Gasteiger partial charge in [-0.25, -0.2) is 8.42 Å². The molecule has 1 unspecified atom stereocenters. The zero-order valence-electron chi connectivity index (χ0n) is 16.2. The van der Waals surface area contributed by atoms with Crippen LogP contribution in [0.5, 0.6) is 5.75 Å². The van der Waals surface area contributed by atoms with Crippen LogP contribution in [0.1, 0.15) is 44.8 Å². The molecular weight excluding hydrogens is 384 g/mol. The third-order valence-corrected chi connectivity index (χ3v) is 7.03. The van der Waals surface area contributed by atoms with Gasteiger partial charge < -0.3 is 9.72 Å². The Kier molecular flexibility index (Phi) is 7.37. The van der Waals surface area contributed by atoms with Gasteiger partial charge in [0, 0.05) is 23.0 Å². The molecule has 2 aromatic rings. The number of H-pyrrole nitrogens is 1. The predicted molar refractivity (Wildman–Crippen MR) is 112 cm³/mol. The Labute approximate surface area is 168 Å². The Bertz CT molecular complexity index is 858. The summed E-state index contributed by atoms with van der Waals surface area (Å²) in [4.78, 5) is 6.31. The first kappa shape index (κ1) is 21.8. The van der Waals surface area contributed by atoms with Gasteiger partial charge in [0.05, 0.1) is 17.8 Å².